The predicted octanol–water partition coefficient (Wildman–Crippen LogP) is 1.53. The Kier molecular flexibility index (Phi) is 10.2. The summed E-state index contributed by atoms with van der Waals surface area (Å²) >= 11 is 0. The zero-order valence-electron chi connectivity index (χ0n) is 16.4. The minimum atomic E-state index is 0.473. The smallest absolute Gasteiger partial charge is 0.191 e. The molecule has 0 radical (unpaired) electrons. The highest BCUT2D eigenvalue weighted by Gasteiger charge is 2.13. The first-order valence-corrected chi connectivity index (χ1v) is 10.2. The van der Waals surface area contributed by atoms with Crippen LogP contribution in [-0.4, -0.2) is 88.4 Å². The molecule has 6 nitrogen and oxygen atoms in total. The molecule has 2 aliphatic rings. The minimum absolute atomic E-state index is 0.473. The standard InChI is InChI=1S/C19H39N5O/c1-20-19(21-10-14-24-13-7-12-23(2)15-16-24)22-11-17-25-18-8-5-3-4-6-9-18/h18H,3-17H2,1-2H3,(H2,20,21,22). The van der Waals surface area contributed by atoms with Crippen LogP contribution in [0.2, 0.25) is 0 Å². The number of likely N-dealkylation sites (N-methyl/N-ethyl adjacent to an activating group) is 1. The monoisotopic (exact) mass is 353 g/mol. The molecule has 0 bridgehead atoms. The topological polar surface area (TPSA) is 52.1 Å². The van der Waals surface area contributed by atoms with Crippen molar-refractivity contribution in [2.45, 2.75) is 51.0 Å². The Morgan fingerprint density at radius 1 is 0.960 bits per heavy atom. The van der Waals surface area contributed by atoms with Crippen molar-refractivity contribution in [1.82, 2.24) is 20.4 Å². The third kappa shape index (κ3) is 8.88. The molecule has 1 aliphatic carbocycles. The molecule has 146 valence electrons. The molecule has 0 aromatic heterocycles. The number of guanidine groups is 1. The highest BCUT2D eigenvalue weighted by atomic mass is 16.5. The molecular formula is C19H39N5O. The summed E-state index contributed by atoms with van der Waals surface area (Å²) in [7, 11) is 4.05. The van der Waals surface area contributed by atoms with Crippen LogP contribution in [0, 0.1) is 0 Å². The molecule has 2 fully saturated rings. The van der Waals surface area contributed by atoms with Crippen LogP contribution in [-0.2, 0) is 4.74 Å². The van der Waals surface area contributed by atoms with Crippen molar-refractivity contribution < 1.29 is 4.74 Å². The Labute approximate surface area is 154 Å². The number of hydrogen-bond acceptors (Lipinski definition) is 4. The van der Waals surface area contributed by atoms with E-state index in [1.54, 1.807) is 0 Å². The number of nitrogens with one attached hydrogen (secondary N) is 2. The maximum atomic E-state index is 6.02. The second kappa shape index (κ2) is 12.5. The average molecular weight is 354 g/mol. The number of hydrogen-bond donors (Lipinski definition) is 2. The van der Waals surface area contributed by atoms with Gasteiger partial charge in [0.15, 0.2) is 5.96 Å². The second-order valence-electron chi connectivity index (χ2n) is 7.41. The van der Waals surface area contributed by atoms with Gasteiger partial charge in [-0.25, -0.2) is 0 Å². The molecule has 0 atom stereocenters. The van der Waals surface area contributed by atoms with Crippen molar-refractivity contribution in [3.8, 4) is 0 Å². The number of nitrogens with zero attached hydrogens (tertiary/aromatic N) is 3. The summed E-state index contributed by atoms with van der Waals surface area (Å²) in [6, 6.07) is 0. The van der Waals surface area contributed by atoms with Crippen LogP contribution < -0.4 is 10.6 Å². The Morgan fingerprint density at radius 3 is 2.48 bits per heavy atom. The predicted molar refractivity (Wildman–Crippen MR) is 105 cm³/mol. The Hall–Kier alpha value is -0.850. The van der Waals surface area contributed by atoms with E-state index in [1.165, 1.54) is 71.1 Å². The van der Waals surface area contributed by atoms with Crippen LogP contribution in [0.15, 0.2) is 4.99 Å². The molecule has 0 aromatic carbocycles. The molecule has 1 saturated heterocycles. The Balaban J connectivity index is 1.52. The zero-order chi connectivity index (χ0) is 17.7. The SMILES string of the molecule is CN=C(NCCOC1CCCCCC1)NCCN1CCCN(C)CC1. The van der Waals surface area contributed by atoms with Crippen LogP contribution in [0.1, 0.15) is 44.9 Å². The summed E-state index contributed by atoms with van der Waals surface area (Å²) < 4.78 is 6.02. The van der Waals surface area contributed by atoms with Gasteiger partial charge in [0.25, 0.3) is 0 Å². The third-order valence-corrected chi connectivity index (χ3v) is 5.31. The van der Waals surface area contributed by atoms with Gasteiger partial charge in [-0.1, -0.05) is 25.7 Å². The fourth-order valence-corrected chi connectivity index (χ4v) is 3.68. The van der Waals surface area contributed by atoms with Gasteiger partial charge in [0.2, 0.25) is 0 Å². The van der Waals surface area contributed by atoms with Gasteiger partial charge in [-0.05, 0) is 39.4 Å². The quantitative estimate of drug-likeness (QED) is 0.315. The molecule has 1 heterocycles. The molecule has 0 unspecified atom stereocenters. The summed E-state index contributed by atoms with van der Waals surface area (Å²) in [5.41, 5.74) is 0. The lowest BCUT2D eigenvalue weighted by Gasteiger charge is -2.21. The van der Waals surface area contributed by atoms with Crippen molar-refractivity contribution in [1.29, 1.82) is 0 Å². The van der Waals surface area contributed by atoms with Gasteiger partial charge < -0.3 is 25.2 Å². The van der Waals surface area contributed by atoms with Gasteiger partial charge in [0, 0.05) is 39.8 Å². The van der Waals surface area contributed by atoms with Crippen molar-refractivity contribution in [2.75, 3.05) is 66.5 Å². The highest BCUT2D eigenvalue weighted by molar-refractivity contribution is 5.79. The first kappa shape index (κ1) is 20.5. The van der Waals surface area contributed by atoms with Crippen LogP contribution in [0.25, 0.3) is 0 Å². The van der Waals surface area contributed by atoms with E-state index in [9.17, 15) is 0 Å². The van der Waals surface area contributed by atoms with Crippen LogP contribution in [0.5, 0.6) is 0 Å². The molecule has 0 spiro atoms. The molecule has 6 heteroatoms. The highest BCUT2D eigenvalue weighted by Crippen LogP contribution is 2.19. The molecule has 0 aromatic rings. The minimum Gasteiger partial charge on any atom is -0.376 e. The van der Waals surface area contributed by atoms with E-state index in [1.807, 2.05) is 7.05 Å². The normalized spacial score (nSPS) is 22.4. The van der Waals surface area contributed by atoms with E-state index in [0.29, 0.717) is 6.10 Å². The van der Waals surface area contributed by atoms with Crippen LogP contribution >= 0.6 is 0 Å². The maximum Gasteiger partial charge on any atom is 0.191 e. The van der Waals surface area contributed by atoms with E-state index in [4.69, 9.17) is 4.74 Å². The molecule has 1 aliphatic heterocycles. The second-order valence-corrected chi connectivity index (χ2v) is 7.41. The molecular weight excluding hydrogens is 314 g/mol. The summed E-state index contributed by atoms with van der Waals surface area (Å²) in [6.07, 6.45) is 9.61. The maximum absolute atomic E-state index is 6.02. The van der Waals surface area contributed by atoms with Gasteiger partial charge in [-0.3, -0.25) is 4.99 Å². The van der Waals surface area contributed by atoms with E-state index < -0.39 is 0 Å². The fourth-order valence-electron chi connectivity index (χ4n) is 3.68. The van der Waals surface area contributed by atoms with E-state index in [2.05, 4.69) is 32.5 Å². The van der Waals surface area contributed by atoms with Gasteiger partial charge in [0.1, 0.15) is 0 Å². The fraction of sp³-hybridized carbons (Fsp3) is 0.947. The lowest BCUT2D eigenvalue weighted by molar-refractivity contribution is 0.0468. The van der Waals surface area contributed by atoms with Crippen molar-refractivity contribution in [2.24, 2.45) is 4.99 Å². The molecule has 25 heavy (non-hydrogen) atoms. The molecule has 0 amide bonds. The summed E-state index contributed by atoms with van der Waals surface area (Å²) in [6.45, 7) is 8.36. The van der Waals surface area contributed by atoms with Gasteiger partial charge in [-0.2, -0.15) is 0 Å². The first-order valence-electron chi connectivity index (χ1n) is 10.2. The van der Waals surface area contributed by atoms with Gasteiger partial charge in [0.05, 0.1) is 12.7 Å². The van der Waals surface area contributed by atoms with E-state index >= 15 is 0 Å². The summed E-state index contributed by atoms with van der Waals surface area (Å²) in [5.74, 6) is 0.886. The van der Waals surface area contributed by atoms with Crippen molar-refractivity contribution in [3.63, 3.8) is 0 Å². The van der Waals surface area contributed by atoms with E-state index in [0.717, 1.165) is 32.2 Å². The molecule has 2 rings (SSSR count). The number of aliphatic imine (C=N–C) groups is 1. The van der Waals surface area contributed by atoms with Gasteiger partial charge >= 0.3 is 0 Å². The lowest BCUT2D eigenvalue weighted by atomic mass is 10.1. The Morgan fingerprint density at radius 2 is 1.72 bits per heavy atom. The van der Waals surface area contributed by atoms with Crippen molar-refractivity contribution >= 4 is 5.96 Å². The molecule has 2 N–H and O–H groups in total. The van der Waals surface area contributed by atoms with Gasteiger partial charge in [-0.15, -0.1) is 0 Å². The largest absolute Gasteiger partial charge is 0.376 e. The number of ether oxygens (including phenoxy) is 1. The van der Waals surface area contributed by atoms with Crippen LogP contribution in [0.4, 0.5) is 0 Å². The number of rotatable bonds is 7. The molecule has 1 saturated carbocycles. The first-order chi connectivity index (χ1) is 12.3. The van der Waals surface area contributed by atoms with E-state index in [-0.39, 0.29) is 0 Å². The summed E-state index contributed by atoms with van der Waals surface area (Å²) in [4.78, 5) is 9.27. The lowest BCUT2D eigenvalue weighted by Crippen LogP contribution is -2.43. The Bertz CT molecular complexity index is 369. The zero-order valence-corrected chi connectivity index (χ0v) is 16.4. The average Bonchev–Trinajstić information content (AvgIpc) is 3.00. The van der Waals surface area contributed by atoms with Crippen molar-refractivity contribution in [3.05, 3.63) is 0 Å². The summed E-state index contributed by atoms with van der Waals surface area (Å²) in [5, 5.41) is 6.79. The third-order valence-electron chi connectivity index (χ3n) is 5.31. The van der Waals surface area contributed by atoms with Crippen LogP contribution in [0.3, 0.4) is 0 Å².